The Morgan fingerprint density at radius 1 is 1.45 bits per heavy atom. The van der Waals surface area contributed by atoms with Gasteiger partial charge in [0, 0.05) is 23.7 Å². The minimum atomic E-state index is 0.197. The van der Waals surface area contributed by atoms with Crippen LogP contribution in [0.4, 0.5) is 0 Å². The standard InChI is InChI=1S/C16H29N3S/c1-4-6-10-15(17)16(5-2)19-13(3)20-12-14-9-7-8-11-18-14/h9,11,15-16H,4-8,10,12,17H2,1-3H3. The van der Waals surface area contributed by atoms with Crippen molar-refractivity contribution in [3.05, 3.63) is 11.8 Å². The van der Waals surface area contributed by atoms with Crippen molar-refractivity contribution in [1.29, 1.82) is 0 Å². The van der Waals surface area contributed by atoms with Crippen LogP contribution in [0, 0.1) is 0 Å². The van der Waals surface area contributed by atoms with Crippen molar-refractivity contribution in [3.8, 4) is 0 Å². The molecule has 0 radical (unpaired) electrons. The molecule has 1 heterocycles. The largest absolute Gasteiger partial charge is 0.326 e. The molecule has 0 saturated carbocycles. The number of thioether (sulfide) groups is 1. The van der Waals surface area contributed by atoms with E-state index in [-0.39, 0.29) is 12.1 Å². The van der Waals surface area contributed by atoms with Gasteiger partial charge in [0.05, 0.1) is 11.1 Å². The second-order valence-electron chi connectivity index (χ2n) is 5.30. The van der Waals surface area contributed by atoms with Crippen molar-refractivity contribution in [3.63, 3.8) is 0 Å². The lowest BCUT2D eigenvalue weighted by molar-refractivity contribution is 0.471. The third-order valence-electron chi connectivity index (χ3n) is 3.51. The monoisotopic (exact) mass is 295 g/mol. The molecule has 1 aliphatic rings. The van der Waals surface area contributed by atoms with Gasteiger partial charge in [-0.05, 0) is 32.6 Å². The van der Waals surface area contributed by atoms with Crippen LogP contribution in [0.25, 0.3) is 0 Å². The van der Waals surface area contributed by atoms with Crippen LogP contribution < -0.4 is 5.73 Å². The van der Waals surface area contributed by atoms with E-state index in [1.165, 1.54) is 18.5 Å². The van der Waals surface area contributed by atoms with Crippen LogP contribution in [-0.4, -0.2) is 29.1 Å². The minimum absolute atomic E-state index is 0.197. The first-order chi connectivity index (χ1) is 9.67. The van der Waals surface area contributed by atoms with E-state index >= 15 is 0 Å². The molecule has 0 aromatic heterocycles. The molecule has 0 aromatic carbocycles. The number of aliphatic imine (C=N–C) groups is 2. The molecule has 3 nitrogen and oxygen atoms in total. The highest BCUT2D eigenvalue weighted by Gasteiger charge is 2.14. The van der Waals surface area contributed by atoms with Crippen LogP contribution in [0.1, 0.15) is 59.3 Å². The fourth-order valence-electron chi connectivity index (χ4n) is 2.23. The zero-order valence-electron chi connectivity index (χ0n) is 13.1. The van der Waals surface area contributed by atoms with Crippen LogP contribution in [0.2, 0.25) is 0 Å². The first kappa shape index (κ1) is 17.4. The summed E-state index contributed by atoms with van der Waals surface area (Å²) in [5, 5.41) is 1.13. The van der Waals surface area contributed by atoms with Gasteiger partial charge in [0.25, 0.3) is 0 Å². The molecule has 1 aliphatic heterocycles. The Hall–Kier alpha value is -0.610. The molecule has 2 N–H and O–H groups in total. The summed E-state index contributed by atoms with van der Waals surface area (Å²) in [5.41, 5.74) is 7.43. The first-order valence-electron chi connectivity index (χ1n) is 7.81. The number of allylic oxidation sites excluding steroid dienone is 1. The summed E-state index contributed by atoms with van der Waals surface area (Å²) in [4.78, 5) is 9.22. The predicted molar refractivity (Wildman–Crippen MR) is 93.0 cm³/mol. The maximum atomic E-state index is 6.25. The molecule has 2 atom stereocenters. The molecule has 0 spiro atoms. The highest BCUT2D eigenvalue weighted by molar-refractivity contribution is 8.14. The normalized spacial score (nSPS) is 18.8. The lowest BCUT2D eigenvalue weighted by atomic mass is 10.0. The predicted octanol–water partition coefficient (Wildman–Crippen LogP) is 4.18. The van der Waals surface area contributed by atoms with Gasteiger partial charge in [-0.25, -0.2) is 0 Å². The topological polar surface area (TPSA) is 50.7 Å². The van der Waals surface area contributed by atoms with Crippen molar-refractivity contribution in [2.45, 2.75) is 71.4 Å². The Bertz CT molecular complexity index is 361. The molecular weight excluding hydrogens is 266 g/mol. The zero-order chi connectivity index (χ0) is 14.8. The van der Waals surface area contributed by atoms with Crippen molar-refractivity contribution in [2.24, 2.45) is 15.7 Å². The van der Waals surface area contributed by atoms with E-state index < -0.39 is 0 Å². The molecule has 0 aliphatic carbocycles. The van der Waals surface area contributed by atoms with Gasteiger partial charge in [-0.15, -0.1) is 11.8 Å². The molecule has 4 heteroatoms. The summed E-state index contributed by atoms with van der Waals surface area (Å²) in [6.45, 7) is 6.47. The quantitative estimate of drug-likeness (QED) is 0.539. The summed E-state index contributed by atoms with van der Waals surface area (Å²) in [6, 6.07) is 0.459. The van der Waals surface area contributed by atoms with Crippen LogP contribution >= 0.6 is 11.8 Å². The fraction of sp³-hybridized carbons (Fsp3) is 0.750. The maximum Gasteiger partial charge on any atom is 0.0657 e. The molecule has 0 fully saturated rings. The lowest BCUT2D eigenvalue weighted by Gasteiger charge is -2.19. The highest BCUT2D eigenvalue weighted by atomic mass is 32.2. The third-order valence-corrected chi connectivity index (χ3v) is 4.48. The number of hydrogen-bond donors (Lipinski definition) is 1. The summed E-state index contributed by atoms with van der Waals surface area (Å²) in [6.07, 6.45) is 10.9. The van der Waals surface area contributed by atoms with E-state index in [0.29, 0.717) is 0 Å². The highest BCUT2D eigenvalue weighted by Crippen LogP contribution is 2.17. The summed E-state index contributed by atoms with van der Waals surface area (Å²) in [5.74, 6) is 0.923. The average molecular weight is 295 g/mol. The number of unbranched alkanes of at least 4 members (excludes halogenated alkanes) is 1. The van der Waals surface area contributed by atoms with Crippen LogP contribution in [0.3, 0.4) is 0 Å². The number of nitrogens with two attached hydrogens (primary N) is 1. The van der Waals surface area contributed by atoms with E-state index in [0.717, 1.165) is 36.5 Å². The Balaban J connectivity index is 2.43. The van der Waals surface area contributed by atoms with Crippen molar-refractivity contribution < 1.29 is 0 Å². The fourth-order valence-corrected chi connectivity index (χ4v) is 2.99. The molecule has 0 bridgehead atoms. The van der Waals surface area contributed by atoms with Gasteiger partial charge in [0.1, 0.15) is 0 Å². The van der Waals surface area contributed by atoms with Gasteiger partial charge in [-0.3, -0.25) is 9.98 Å². The summed E-state index contributed by atoms with van der Waals surface area (Å²) in [7, 11) is 0. The van der Waals surface area contributed by atoms with E-state index in [2.05, 4.69) is 31.8 Å². The van der Waals surface area contributed by atoms with E-state index in [1.807, 2.05) is 6.21 Å². The van der Waals surface area contributed by atoms with Crippen LogP contribution in [-0.2, 0) is 0 Å². The first-order valence-corrected chi connectivity index (χ1v) is 8.80. The smallest absolute Gasteiger partial charge is 0.0657 e. The Morgan fingerprint density at radius 2 is 2.25 bits per heavy atom. The average Bonchev–Trinajstić information content (AvgIpc) is 2.49. The number of rotatable bonds is 8. The van der Waals surface area contributed by atoms with Crippen LogP contribution in [0.5, 0.6) is 0 Å². The van der Waals surface area contributed by atoms with Crippen LogP contribution in [0.15, 0.2) is 21.8 Å². The summed E-state index contributed by atoms with van der Waals surface area (Å²) >= 11 is 1.78. The van der Waals surface area contributed by atoms with E-state index in [9.17, 15) is 0 Å². The van der Waals surface area contributed by atoms with Gasteiger partial charge in [0.15, 0.2) is 0 Å². The number of hydrogen-bond acceptors (Lipinski definition) is 4. The number of nitrogens with zero attached hydrogens (tertiary/aromatic N) is 2. The molecule has 1 rings (SSSR count). The second kappa shape index (κ2) is 10.2. The van der Waals surface area contributed by atoms with Crippen molar-refractivity contribution in [2.75, 3.05) is 5.75 Å². The molecule has 2 unspecified atom stereocenters. The maximum absolute atomic E-state index is 6.25. The Labute approximate surface area is 128 Å². The van der Waals surface area contributed by atoms with Crippen molar-refractivity contribution >= 4 is 23.0 Å². The second-order valence-corrected chi connectivity index (χ2v) is 6.47. The van der Waals surface area contributed by atoms with Gasteiger partial charge >= 0.3 is 0 Å². The van der Waals surface area contributed by atoms with Gasteiger partial charge in [-0.1, -0.05) is 32.8 Å². The SMILES string of the molecule is CCCCC(N)C(CC)N=C(C)SCC1=CCCC=N1. The van der Waals surface area contributed by atoms with Gasteiger partial charge < -0.3 is 5.73 Å². The van der Waals surface area contributed by atoms with Gasteiger partial charge in [-0.2, -0.15) is 0 Å². The van der Waals surface area contributed by atoms with Gasteiger partial charge in [0.2, 0.25) is 0 Å². The third kappa shape index (κ3) is 6.71. The lowest BCUT2D eigenvalue weighted by Crippen LogP contribution is -2.33. The molecule has 20 heavy (non-hydrogen) atoms. The Kier molecular flexibility index (Phi) is 8.86. The minimum Gasteiger partial charge on any atom is -0.326 e. The Morgan fingerprint density at radius 3 is 2.85 bits per heavy atom. The molecule has 0 amide bonds. The molecule has 0 aromatic rings. The summed E-state index contributed by atoms with van der Waals surface area (Å²) < 4.78 is 0. The van der Waals surface area contributed by atoms with Crippen molar-refractivity contribution in [1.82, 2.24) is 0 Å². The van der Waals surface area contributed by atoms with E-state index in [4.69, 9.17) is 10.7 Å². The molecule has 0 saturated heterocycles. The molecular formula is C16H29N3S. The van der Waals surface area contributed by atoms with E-state index in [1.54, 1.807) is 11.8 Å². The molecule has 114 valence electrons. The zero-order valence-corrected chi connectivity index (χ0v) is 14.0.